The van der Waals surface area contributed by atoms with E-state index in [4.69, 9.17) is 0 Å². The van der Waals surface area contributed by atoms with Gasteiger partial charge in [0.2, 0.25) is 0 Å². The number of benzene rings is 1. The maximum absolute atomic E-state index is 12.8. The Balaban J connectivity index is 1.82. The van der Waals surface area contributed by atoms with Crippen LogP contribution in [0.1, 0.15) is 53.5 Å². The van der Waals surface area contributed by atoms with Crippen LogP contribution in [0.25, 0.3) is 5.82 Å². The standard InChI is InChI=1S/C21H22BrF2N7O3/c1-11(2)30(4)20(33)16-8-17(26-9-25-16)31-18(27-10-28-31)12(3)29-19(32)13-5-14(22)7-15(6-13)34-21(23)24/h5-12,21H,1-4H3,(H,29,32)/t12-/m0/s1. The van der Waals surface area contributed by atoms with Crippen molar-refractivity contribution in [2.75, 3.05) is 7.05 Å². The molecule has 1 aromatic carbocycles. The van der Waals surface area contributed by atoms with Crippen LogP contribution in [0.15, 0.2) is 41.4 Å². The van der Waals surface area contributed by atoms with Crippen molar-refractivity contribution in [2.45, 2.75) is 39.5 Å². The predicted octanol–water partition coefficient (Wildman–Crippen LogP) is 3.39. The lowest BCUT2D eigenvalue weighted by atomic mass is 10.2. The second-order valence-electron chi connectivity index (χ2n) is 7.55. The molecular weight excluding hydrogens is 516 g/mol. The first-order valence-corrected chi connectivity index (χ1v) is 10.9. The van der Waals surface area contributed by atoms with Gasteiger partial charge >= 0.3 is 6.61 Å². The summed E-state index contributed by atoms with van der Waals surface area (Å²) >= 11 is 3.18. The molecule has 10 nitrogen and oxygen atoms in total. The Labute approximate surface area is 202 Å². The molecule has 34 heavy (non-hydrogen) atoms. The SMILES string of the molecule is CC(C)N(C)C(=O)c1cc(-n2ncnc2[C@H](C)NC(=O)c2cc(Br)cc(OC(F)F)c2)ncn1. The topological polar surface area (TPSA) is 115 Å². The molecule has 1 N–H and O–H groups in total. The van der Waals surface area contributed by atoms with Crippen LogP contribution < -0.4 is 10.1 Å². The van der Waals surface area contributed by atoms with E-state index in [2.05, 4.69) is 46.0 Å². The monoisotopic (exact) mass is 537 g/mol. The van der Waals surface area contributed by atoms with Gasteiger partial charge in [-0.2, -0.15) is 18.6 Å². The average molecular weight is 538 g/mol. The van der Waals surface area contributed by atoms with E-state index in [9.17, 15) is 18.4 Å². The van der Waals surface area contributed by atoms with Gasteiger partial charge in [-0.15, -0.1) is 0 Å². The summed E-state index contributed by atoms with van der Waals surface area (Å²) in [5.74, 6) is -0.353. The highest BCUT2D eigenvalue weighted by Gasteiger charge is 2.21. The number of carbonyl (C=O) groups excluding carboxylic acids is 2. The lowest BCUT2D eigenvalue weighted by Gasteiger charge is -2.21. The summed E-state index contributed by atoms with van der Waals surface area (Å²) in [4.78, 5) is 39.3. The molecule has 0 fully saturated rings. The van der Waals surface area contributed by atoms with Gasteiger partial charge in [0.25, 0.3) is 11.8 Å². The molecule has 2 aromatic heterocycles. The highest BCUT2D eigenvalue weighted by molar-refractivity contribution is 9.10. The number of hydrogen-bond donors (Lipinski definition) is 1. The highest BCUT2D eigenvalue weighted by Crippen LogP contribution is 2.24. The van der Waals surface area contributed by atoms with Gasteiger partial charge in [0.15, 0.2) is 11.6 Å². The van der Waals surface area contributed by atoms with E-state index >= 15 is 0 Å². The predicted molar refractivity (Wildman–Crippen MR) is 121 cm³/mol. The zero-order chi connectivity index (χ0) is 25.0. The largest absolute Gasteiger partial charge is 0.435 e. The Morgan fingerprint density at radius 3 is 2.50 bits per heavy atom. The van der Waals surface area contributed by atoms with Crippen LogP contribution in [-0.2, 0) is 0 Å². The van der Waals surface area contributed by atoms with Crippen LogP contribution in [0.2, 0.25) is 0 Å². The third-order valence-corrected chi connectivity index (χ3v) is 5.31. The molecule has 0 radical (unpaired) electrons. The number of nitrogens with zero attached hydrogens (tertiary/aromatic N) is 6. The molecule has 0 aliphatic heterocycles. The Morgan fingerprint density at radius 2 is 1.82 bits per heavy atom. The molecule has 0 saturated heterocycles. The molecule has 2 amide bonds. The number of nitrogens with one attached hydrogen (secondary N) is 1. The van der Waals surface area contributed by atoms with Gasteiger partial charge in [0, 0.05) is 29.2 Å². The molecule has 0 aliphatic rings. The van der Waals surface area contributed by atoms with Gasteiger partial charge in [0.05, 0.1) is 6.04 Å². The fraction of sp³-hybridized carbons (Fsp3) is 0.333. The number of rotatable bonds is 8. The molecule has 0 saturated carbocycles. The Kier molecular flexibility index (Phi) is 7.87. The molecule has 13 heteroatoms. The lowest BCUT2D eigenvalue weighted by molar-refractivity contribution is -0.0499. The van der Waals surface area contributed by atoms with Crippen LogP contribution >= 0.6 is 15.9 Å². The maximum atomic E-state index is 12.8. The average Bonchev–Trinajstić information content (AvgIpc) is 3.27. The van der Waals surface area contributed by atoms with Crippen molar-refractivity contribution in [3.8, 4) is 11.6 Å². The smallest absolute Gasteiger partial charge is 0.387 e. The van der Waals surface area contributed by atoms with Gasteiger partial charge in [0.1, 0.15) is 24.1 Å². The molecule has 0 spiro atoms. The number of hydrogen-bond acceptors (Lipinski definition) is 7. The minimum Gasteiger partial charge on any atom is -0.435 e. The van der Waals surface area contributed by atoms with Gasteiger partial charge < -0.3 is 15.0 Å². The molecule has 180 valence electrons. The van der Waals surface area contributed by atoms with E-state index in [0.717, 1.165) is 0 Å². The van der Waals surface area contributed by atoms with E-state index in [1.165, 1.54) is 41.6 Å². The normalized spacial score (nSPS) is 12.0. The van der Waals surface area contributed by atoms with Gasteiger partial charge in [-0.3, -0.25) is 9.59 Å². The molecule has 1 atom stereocenters. The number of ether oxygens (including phenoxy) is 1. The lowest BCUT2D eigenvalue weighted by Crippen LogP contribution is -2.33. The van der Waals surface area contributed by atoms with E-state index in [0.29, 0.717) is 16.1 Å². The van der Waals surface area contributed by atoms with Crippen molar-refractivity contribution in [3.05, 3.63) is 58.5 Å². The molecule has 0 bridgehead atoms. The molecule has 0 unspecified atom stereocenters. The summed E-state index contributed by atoms with van der Waals surface area (Å²) in [5.41, 5.74) is 0.287. The molecule has 3 rings (SSSR count). The number of amides is 2. The quantitative estimate of drug-likeness (QED) is 0.468. The van der Waals surface area contributed by atoms with Crippen molar-refractivity contribution < 1.29 is 23.1 Å². The van der Waals surface area contributed by atoms with Crippen molar-refractivity contribution in [3.63, 3.8) is 0 Å². The summed E-state index contributed by atoms with van der Waals surface area (Å²) in [6, 6.07) is 4.81. The fourth-order valence-electron chi connectivity index (χ4n) is 2.93. The first-order chi connectivity index (χ1) is 16.1. The van der Waals surface area contributed by atoms with Crippen molar-refractivity contribution in [2.24, 2.45) is 0 Å². The third-order valence-electron chi connectivity index (χ3n) is 4.85. The van der Waals surface area contributed by atoms with Crippen molar-refractivity contribution >= 4 is 27.7 Å². The zero-order valence-electron chi connectivity index (χ0n) is 18.7. The van der Waals surface area contributed by atoms with E-state index in [1.807, 2.05) is 13.8 Å². The summed E-state index contributed by atoms with van der Waals surface area (Å²) in [6.45, 7) is 2.42. The van der Waals surface area contributed by atoms with E-state index < -0.39 is 18.6 Å². The highest BCUT2D eigenvalue weighted by atomic mass is 79.9. The van der Waals surface area contributed by atoms with Gasteiger partial charge in [-0.1, -0.05) is 15.9 Å². The minimum absolute atomic E-state index is 0.0206. The molecule has 3 aromatic rings. The Morgan fingerprint density at radius 1 is 1.09 bits per heavy atom. The number of alkyl halides is 2. The second kappa shape index (κ2) is 10.6. The number of aromatic nitrogens is 5. The summed E-state index contributed by atoms with van der Waals surface area (Å²) in [5, 5.41) is 6.90. The molecule has 0 aliphatic carbocycles. The molecule has 2 heterocycles. The minimum atomic E-state index is -3.02. The Bertz CT molecular complexity index is 1190. The van der Waals surface area contributed by atoms with Crippen LogP contribution in [-0.4, -0.2) is 61.1 Å². The van der Waals surface area contributed by atoms with E-state index in [1.54, 1.807) is 18.9 Å². The Hall–Kier alpha value is -3.48. The van der Waals surface area contributed by atoms with Gasteiger partial charge in [-0.05, 0) is 39.0 Å². The molecular formula is C21H22BrF2N7O3. The number of carbonyl (C=O) groups is 2. The third kappa shape index (κ3) is 5.90. The van der Waals surface area contributed by atoms with Gasteiger partial charge in [-0.25, -0.2) is 15.0 Å². The number of halogens is 3. The first-order valence-electron chi connectivity index (χ1n) is 10.1. The van der Waals surface area contributed by atoms with Crippen LogP contribution in [0.5, 0.6) is 5.75 Å². The first kappa shape index (κ1) is 25.1. The zero-order valence-corrected chi connectivity index (χ0v) is 20.3. The van der Waals surface area contributed by atoms with Crippen molar-refractivity contribution in [1.29, 1.82) is 0 Å². The van der Waals surface area contributed by atoms with Crippen molar-refractivity contribution in [1.82, 2.24) is 34.9 Å². The fourth-order valence-corrected chi connectivity index (χ4v) is 3.40. The summed E-state index contributed by atoms with van der Waals surface area (Å²) in [6.07, 6.45) is 2.53. The van der Waals surface area contributed by atoms with E-state index in [-0.39, 0.29) is 29.0 Å². The second-order valence-corrected chi connectivity index (χ2v) is 8.47. The van der Waals surface area contributed by atoms with Crippen LogP contribution in [0.4, 0.5) is 8.78 Å². The van der Waals surface area contributed by atoms with Crippen LogP contribution in [0.3, 0.4) is 0 Å². The maximum Gasteiger partial charge on any atom is 0.387 e. The summed E-state index contributed by atoms with van der Waals surface area (Å²) < 4.78 is 31.3. The summed E-state index contributed by atoms with van der Waals surface area (Å²) in [7, 11) is 1.67. The van der Waals surface area contributed by atoms with Crippen LogP contribution in [0, 0.1) is 0 Å².